The molecule has 2 aromatic rings. The highest BCUT2D eigenvalue weighted by Crippen LogP contribution is 2.13. The fraction of sp³-hybridized carbons (Fsp3) is 0.543. The molecule has 0 fully saturated rings. The Labute approximate surface area is 314 Å². The summed E-state index contributed by atoms with van der Waals surface area (Å²) < 4.78 is 0. The molecule has 0 radical (unpaired) electrons. The fourth-order valence-electron chi connectivity index (χ4n) is 5.23. The maximum absolute atomic E-state index is 13.9. The third-order valence-electron chi connectivity index (χ3n) is 8.94. The number of primary amides is 1. The summed E-state index contributed by atoms with van der Waals surface area (Å²) in [6.07, 6.45) is 3.11. The van der Waals surface area contributed by atoms with E-state index < -0.39 is 83.6 Å². The van der Waals surface area contributed by atoms with Gasteiger partial charge in [-0.2, -0.15) is 12.6 Å². The van der Waals surface area contributed by atoms with Crippen molar-refractivity contribution in [1.29, 1.82) is 0 Å². The lowest BCUT2D eigenvalue weighted by Gasteiger charge is -2.30. The summed E-state index contributed by atoms with van der Waals surface area (Å²) in [7, 11) is 0. The minimum absolute atomic E-state index is 0.0137. The number of aromatic amines is 1. The van der Waals surface area contributed by atoms with Gasteiger partial charge in [0.15, 0.2) is 0 Å². The molecule has 0 aliphatic heterocycles. The highest BCUT2D eigenvalue weighted by Gasteiger charge is 2.35. The van der Waals surface area contributed by atoms with Gasteiger partial charge in [0.1, 0.15) is 30.2 Å². The van der Waals surface area contributed by atoms with Gasteiger partial charge < -0.3 is 48.1 Å². The van der Waals surface area contributed by atoms with E-state index in [2.05, 4.69) is 49.2 Å². The Morgan fingerprint density at radius 2 is 1.30 bits per heavy atom. The first-order valence-electron chi connectivity index (χ1n) is 17.5. The predicted octanol–water partition coefficient (Wildman–Crippen LogP) is -0.682. The molecule has 11 N–H and O–H groups in total. The standard InChI is InChI=1S/C35H53N9O8S/c1-5-19(3)28(43-30(46)23(36)17-53)33(49)40-24(12-13-27(37)45)31(47)44-29(20(4)6-2)34(50)41-25(15-22-16-38-18-39-22)32(48)42-26(35(51)52)14-21-10-8-7-9-11-21/h7-11,16,18-20,23-26,28-29,53H,5-6,12-15,17,36H2,1-4H3,(H2,37,45)(H,38,39)(H,40,49)(H,41,50)(H,42,48)(H,43,46)(H,44,47)(H,51,52)/t19-,20-,23-,24-,25-,26-,28-,29-/m0/s1. The lowest BCUT2D eigenvalue weighted by Crippen LogP contribution is -2.61. The maximum atomic E-state index is 13.9. The number of H-pyrrole nitrogens is 1. The number of aromatic nitrogens is 2. The first-order chi connectivity index (χ1) is 25.1. The number of carbonyl (C=O) groups excluding carboxylic acids is 6. The van der Waals surface area contributed by atoms with Crippen molar-refractivity contribution in [3.63, 3.8) is 0 Å². The van der Waals surface area contributed by atoms with Crippen molar-refractivity contribution in [1.82, 2.24) is 36.6 Å². The van der Waals surface area contributed by atoms with E-state index in [0.29, 0.717) is 24.1 Å². The van der Waals surface area contributed by atoms with Crippen LogP contribution in [0, 0.1) is 11.8 Å². The zero-order valence-electron chi connectivity index (χ0n) is 30.5. The number of imidazole rings is 1. The Hall–Kier alpha value is -4.97. The van der Waals surface area contributed by atoms with Crippen molar-refractivity contribution in [3.05, 3.63) is 54.1 Å². The molecule has 53 heavy (non-hydrogen) atoms. The molecule has 1 aromatic heterocycles. The molecule has 1 aromatic carbocycles. The van der Waals surface area contributed by atoms with Gasteiger partial charge in [0, 0.05) is 36.9 Å². The van der Waals surface area contributed by atoms with E-state index in [1.807, 2.05) is 6.92 Å². The Morgan fingerprint density at radius 3 is 1.79 bits per heavy atom. The average Bonchev–Trinajstić information content (AvgIpc) is 3.65. The van der Waals surface area contributed by atoms with E-state index in [-0.39, 0.29) is 37.4 Å². The summed E-state index contributed by atoms with van der Waals surface area (Å²) in [5.74, 6) is -6.55. The second kappa shape index (κ2) is 22.2. The number of nitrogens with two attached hydrogens (primary N) is 2. The van der Waals surface area contributed by atoms with Gasteiger partial charge in [-0.05, 0) is 23.8 Å². The largest absolute Gasteiger partial charge is 0.480 e. The van der Waals surface area contributed by atoms with Gasteiger partial charge in [0.25, 0.3) is 0 Å². The zero-order chi connectivity index (χ0) is 39.7. The number of aliphatic carboxylic acids is 1. The van der Waals surface area contributed by atoms with E-state index >= 15 is 0 Å². The summed E-state index contributed by atoms with van der Waals surface area (Å²) in [6, 6.07) is 1.44. The van der Waals surface area contributed by atoms with Crippen LogP contribution in [0.3, 0.4) is 0 Å². The molecule has 0 spiro atoms. The molecule has 0 aliphatic carbocycles. The highest BCUT2D eigenvalue weighted by atomic mass is 32.1. The molecule has 18 heteroatoms. The van der Waals surface area contributed by atoms with Gasteiger partial charge in [0.05, 0.1) is 12.4 Å². The normalized spacial score (nSPS) is 15.6. The molecule has 0 bridgehead atoms. The van der Waals surface area contributed by atoms with Crippen LogP contribution in [-0.2, 0) is 46.4 Å². The highest BCUT2D eigenvalue weighted by molar-refractivity contribution is 7.80. The molecule has 0 saturated carbocycles. The summed E-state index contributed by atoms with van der Waals surface area (Å²) in [5.41, 5.74) is 12.3. The predicted molar refractivity (Wildman–Crippen MR) is 199 cm³/mol. The quantitative estimate of drug-likeness (QED) is 0.0637. The van der Waals surface area contributed by atoms with Crippen molar-refractivity contribution in [3.8, 4) is 0 Å². The number of carboxylic acids is 1. The van der Waals surface area contributed by atoms with Gasteiger partial charge >= 0.3 is 5.97 Å². The molecular formula is C35H53N9O8S. The number of rotatable bonds is 23. The van der Waals surface area contributed by atoms with Gasteiger partial charge in [-0.3, -0.25) is 28.8 Å². The van der Waals surface area contributed by atoms with Crippen LogP contribution in [0.1, 0.15) is 64.6 Å². The van der Waals surface area contributed by atoms with Crippen molar-refractivity contribution in [2.45, 2.75) is 102 Å². The molecule has 0 saturated heterocycles. The topological polar surface area (TPSA) is 281 Å². The van der Waals surface area contributed by atoms with E-state index in [0.717, 1.165) is 0 Å². The average molecular weight is 760 g/mol. The van der Waals surface area contributed by atoms with Crippen LogP contribution < -0.4 is 38.1 Å². The number of nitrogens with one attached hydrogen (secondary N) is 6. The first kappa shape index (κ1) is 44.2. The lowest BCUT2D eigenvalue weighted by atomic mass is 9.96. The van der Waals surface area contributed by atoms with Gasteiger partial charge in [-0.1, -0.05) is 70.9 Å². The van der Waals surface area contributed by atoms with Crippen LogP contribution in [0.15, 0.2) is 42.9 Å². The van der Waals surface area contributed by atoms with Crippen LogP contribution in [0.2, 0.25) is 0 Å². The minimum atomic E-state index is -1.35. The number of nitrogens with zero attached hydrogens (tertiary/aromatic N) is 1. The van der Waals surface area contributed by atoms with Gasteiger partial charge in [-0.15, -0.1) is 0 Å². The SMILES string of the molecule is CC[C@H](C)[C@H](NC(=O)[C@H](CCC(N)=O)NC(=O)[C@@H](NC(=O)[C@@H](N)CS)[C@@H](C)CC)C(=O)N[C@@H](Cc1cnc[nH]1)C(=O)N[C@@H](Cc1ccccc1)C(=O)O. The molecular weight excluding hydrogens is 707 g/mol. The van der Waals surface area contributed by atoms with Crippen LogP contribution in [0.5, 0.6) is 0 Å². The first-order valence-corrected chi connectivity index (χ1v) is 18.1. The number of hydrogen-bond donors (Lipinski definition) is 10. The molecule has 8 atom stereocenters. The van der Waals surface area contributed by atoms with Crippen molar-refractivity contribution >= 4 is 54.0 Å². The van der Waals surface area contributed by atoms with Crippen LogP contribution in [-0.4, -0.2) is 98.5 Å². The number of hydrogen-bond acceptors (Lipinski definition) is 10. The van der Waals surface area contributed by atoms with Crippen LogP contribution in [0.25, 0.3) is 0 Å². The molecule has 2 rings (SSSR count). The van der Waals surface area contributed by atoms with Crippen LogP contribution in [0.4, 0.5) is 0 Å². The van der Waals surface area contributed by atoms with E-state index in [1.165, 1.54) is 12.5 Å². The summed E-state index contributed by atoms with van der Waals surface area (Å²) in [6.45, 7) is 7.03. The molecule has 0 unspecified atom stereocenters. The number of carbonyl (C=O) groups is 7. The molecule has 1 heterocycles. The molecule has 0 aliphatic rings. The number of thiol groups is 1. The van der Waals surface area contributed by atoms with E-state index in [4.69, 9.17) is 11.5 Å². The Morgan fingerprint density at radius 1 is 0.774 bits per heavy atom. The minimum Gasteiger partial charge on any atom is -0.480 e. The van der Waals surface area contributed by atoms with Gasteiger partial charge in [0.2, 0.25) is 35.4 Å². The maximum Gasteiger partial charge on any atom is 0.326 e. The van der Waals surface area contributed by atoms with Crippen molar-refractivity contribution in [2.75, 3.05) is 5.75 Å². The molecule has 292 valence electrons. The fourth-order valence-corrected chi connectivity index (χ4v) is 5.39. The van der Waals surface area contributed by atoms with Gasteiger partial charge in [-0.25, -0.2) is 9.78 Å². The van der Waals surface area contributed by atoms with E-state index in [1.54, 1.807) is 51.1 Å². The molecule has 6 amide bonds. The smallest absolute Gasteiger partial charge is 0.326 e. The number of amides is 6. The Balaban J connectivity index is 2.35. The monoisotopic (exact) mass is 759 g/mol. The zero-order valence-corrected chi connectivity index (χ0v) is 31.4. The second-order valence-electron chi connectivity index (χ2n) is 13.0. The third-order valence-corrected chi connectivity index (χ3v) is 9.33. The molecule has 17 nitrogen and oxygen atoms in total. The number of carboxylic acid groups (broad SMARTS) is 1. The third kappa shape index (κ3) is 14.5. The Kier molecular flexibility index (Phi) is 18.5. The van der Waals surface area contributed by atoms with Crippen molar-refractivity contribution < 1.29 is 38.7 Å². The number of benzene rings is 1. The van der Waals surface area contributed by atoms with Crippen LogP contribution >= 0.6 is 12.6 Å². The van der Waals surface area contributed by atoms with Crippen molar-refractivity contribution in [2.24, 2.45) is 23.3 Å². The summed E-state index contributed by atoms with van der Waals surface area (Å²) >= 11 is 4.03. The van der Waals surface area contributed by atoms with E-state index in [9.17, 15) is 38.7 Å². The Bertz CT molecular complexity index is 1530. The summed E-state index contributed by atoms with van der Waals surface area (Å²) in [4.78, 5) is 98.1. The second-order valence-corrected chi connectivity index (χ2v) is 13.4. The summed E-state index contributed by atoms with van der Waals surface area (Å²) in [5, 5.41) is 22.9. The lowest BCUT2D eigenvalue weighted by molar-refractivity contribution is -0.142.